The van der Waals surface area contributed by atoms with Gasteiger partial charge in [0.1, 0.15) is 17.5 Å². The van der Waals surface area contributed by atoms with E-state index in [1.165, 1.54) is 6.20 Å². The predicted octanol–water partition coefficient (Wildman–Crippen LogP) is 4.43. The monoisotopic (exact) mass is 410 g/mol. The molecule has 3 heterocycles. The Hall–Kier alpha value is -2.88. The van der Waals surface area contributed by atoms with Crippen molar-refractivity contribution in [3.05, 3.63) is 63.6 Å². The summed E-state index contributed by atoms with van der Waals surface area (Å²) in [4.78, 5) is 11.1. The Morgan fingerprint density at radius 3 is 2.75 bits per heavy atom. The second-order valence-electron chi connectivity index (χ2n) is 6.45. The van der Waals surface area contributed by atoms with Crippen molar-refractivity contribution in [2.45, 2.75) is 13.3 Å². The van der Waals surface area contributed by atoms with Gasteiger partial charge in [0.2, 0.25) is 0 Å². The van der Waals surface area contributed by atoms with E-state index in [4.69, 9.17) is 23.2 Å². The van der Waals surface area contributed by atoms with Crippen LogP contribution in [0.4, 0.5) is 5.82 Å². The minimum absolute atomic E-state index is 0.155. The number of aliphatic imine (C=N–C) groups is 1. The molecule has 2 aliphatic rings. The molecule has 0 spiro atoms. The highest BCUT2D eigenvalue weighted by molar-refractivity contribution is 6.35. The van der Waals surface area contributed by atoms with Crippen molar-refractivity contribution >= 4 is 46.5 Å². The SMILES string of the molecule is C=CN=C1C=C(Cl)C=C/C1=C\c1c(C)nc2c(C#N)c(Cl)nn2c1N1CCC1. The smallest absolute Gasteiger partial charge is 0.177 e. The molecule has 0 radical (unpaired) electrons. The van der Waals surface area contributed by atoms with Crippen LogP contribution in [0.2, 0.25) is 5.15 Å². The summed E-state index contributed by atoms with van der Waals surface area (Å²) in [5, 5.41) is 14.6. The largest absolute Gasteiger partial charge is 0.356 e. The molecule has 28 heavy (non-hydrogen) atoms. The number of anilines is 1. The highest BCUT2D eigenvalue weighted by Gasteiger charge is 2.26. The lowest BCUT2D eigenvalue weighted by atomic mass is 10.0. The summed E-state index contributed by atoms with van der Waals surface area (Å²) < 4.78 is 1.67. The number of nitriles is 1. The van der Waals surface area contributed by atoms with Crippen LogP contribution in [-0.4, -0.2) is 33.4 Å². The van der Waals surface area contributed by atoms with E-state index in [1.54, 1.807) is 10.6 Å². The molecular weight excluding hydrogens is 395 g/mol. The molecule has 1 fully saturated rings. The van der Waals surface area contributed by atoms with E-state index in [1.807, 2.05) is 25.2 Å². The van der Waals surface area contributed by atoms with Gasteiger partial charge in [-0.05, 0) is 31.6 Å². The van der Waals surface area contributed by atoms with Crippen molar-refractivity contribution in [2.24, 2.45) is 4.99 Å². The number of aromatic nitrogens is 3. The van der Waals surface area contributed by atoms with Gasteiger partial charge in [-0.25, -0.2) is 4.98 Å². The van der Waals surface area contributed by atoms with Crippen LogP contribution in [-0.2, 0) is 0 Å². The van der Waals surface area contributed by atoms with Gasteiger partial charge in [0.15, 0.2) is 10.8 Å². The zero-order chi connectivity index (χ0) is 19.8. The summed E-state index contributed by atoms with van der Waals surface area (Å²) >= 11 is 12.3. The molecule has 0 bridgehead atoms. The first kappa shape index (κ1) is 18.5. The Kier molecular flexibility index (Phi) is 4.80. The first-order valence-corrected chi connectivity index (χ1v) is 9.49. The molecule has 1 aliphatic carbocycles. The Morgan fingerprint density at radius 1 is 1.32 bits per heavy atom. The lowest BCUT2D eigenvalue weighted by Crippen LogP contribution is -2.39. The van der Waals surface area contributed by atoms with Gasteiger partial charge in [-0.3, -0.25) is 4.99 Å². The van der Waals surface area contributed by atoms with E-state index < -0.39 is 0 Å². The molecule has 0 saturated carbocycles. The molecule has 0 N–H and O–H groups in total. The minimum Gasteiger partial charge on any atom is -0.356 e. The maximum Gasteiger partial charge on any atom is 0.177 e. The van der Waals surface area contributed by atoms with Crippen molar-refractivity contribution in [3.8, 4) is 6.07 Å². The summed E-state index contributed by atoms with van der Waals surface area (Å²) in [6.07, 6.45) is 10.1. The third-order valence-corrected chi connectivity index (χ3v) is 5.21. The molecule has 0 atom stereocenters. The first-order chi connectivity index (χ1) is 13.5. The van der Waals surface area contributed by atoms with E-state index in [2.05, 4.69) is 32.6 Å². The normalized spacial score (nSPS) is 19.1. The summed E-state index contributed by atoms with van der Waals surface area (Å²) in [5.74, 6) is 0.872. The summed E-state index contributed by atoms with van der Waals surface area (Å²) in [6.45, 7) is 7.40. The number of rotatable bonds is 3. The Bertz CT molecular complexity index is 1160. The topological polar surface area (TPSA) is 69.6 Å². The van der Waals surface area contributed by atoms with Crippen LogP contribution in [0.1, 0.15) is 23.2 Å². The highest BCUT2D eigenvalue weighted by Crippen LogP contribution is 2.33. The van der Waals surface area contributed by atoms with Gasteiger partial charge in [-0.15, -0.1) is 0 Å². The number of fused-ring (bicyclic) bond motifs is 1. The number of hydrogen-bond donors (Lipinski definition) is 0. The average molecular weight is 411 g/mol. The van der Waals surface area contributed by atoms with Crippen LogP contribution in [0.5, 0.6) is 0 Å². The Morgan fingerprint density at radius 2 is 2.11 bits per heavy atom. The zero-order valence-electron chi connectivity index (χ0n) is 15.2. The van der Waals surface area contributed by atoms with E-state index >= 15 is 0 Å². The molecule has 6 nitrogen and oxygen atoms in total. The molecule has 1 aliphatic heterocycles. The van der Waals surface area contributed by atoms with Crippen LogP contribution in [0.25, 0.3) is 11.7 Å². The third-order valence-electron chi connectivity index (χ3n) is 4.71. The molecule has 0 amide bonds. The lowest BCUT2D eigenvalue weighted by molar-refractivity contribution is 0.598. The van der Waals surface area contributed by atoms with Crippen LogP contribution in [0.15, 0.2) is 46.6 Å². The molecule has 4 rings (SSSR count). The van der Waals surface area contributed by atoms with E-state index in [-0.39, 0.29) is 10.7 Å². The van der Waals surface area contributed by atoms with Crippen LogP contribution >= 0.6 is 23.2 Å². The van der Waals surface area contributed by atoms with Gasteiger partial charge in [0.05, 0.1) is 11.4 Å². The standard InChI is InChI=1S/C20H16Cl2N6/c1-3-24-17-10-14(21)6-5-13(17)9-15-12(2)25-19-16(11-23)18(22)26-28(19)20(15)27-7-4-8-27/h3,5-6,9-10H,1,4,7-8H2,2H3/b13-9+,24-17?. The minimum atomic E-state index is 0.155. The second-order valence-corrected chi connectivity index (χ2v) is 7.24. The number of hydrogen-bond acceptors (Lipinski definition) is 5. The number of nitrogens with zero attached hydrogens (tertiary/aromatic N) is 6. The maximum atomic E-state index is 9.44. The van der Waals surface area contributed by atoms with Crippen LogP contribution in [0.3, 0.4) is 0 Å². The van der Waals surface area contributed by atoms with Gasteiger partial charge < -0.3 is 4.90 Å². The molecule has 8 heteroatoms. The Balaban J connectivity index is 1.98. The fraction of sp³-hybridized carbons (Fsp3) is 0.200. The molecule has 2 aromatic heterocycles. The molecule has 0 aromatic carbocycles. The van der Waals surface area contributed by atoms with E-state index in [9.17, 15) is 5.26 Å². The summed E-state index contributed by atoms with van der Waals surface area (Å²) in [7, 11) is 0. The number of halogens is 2. The van der Waals surface area contributed by atoms with Crippen molar-refractivity contribution in [3.63, 3.8) is 0 Å². The number of allylic oxidation sites excluding steroid dienone is 5. The quantitative estimate of drug-likeness (QED) is 0.749. The van der Waals surface area contributed by atoms with Gasteiger partial charge in [-0.2, -0.15) is 14.9 Å². The van der Waals surface area contributed by atoms with E-state index in [0.717, 1.165) is 42.2 Å². The lowest BCUT2D eigenvalue weighted by Gasteiger charge is -2.34. The van der Waals surface area contributed by atoms with Crippen molar-refractivity contribution in [1.82, 2.24) is 14.6 Å². The predicted molar refractivity (Wildman–Crippen MR) is 113 cm³/mol. The summed E-state index contributed by atoms with van der Waals surface area (Å²) in [6, 6.07) is 2.10. The summed E-state index contributed by atoms with van der Waals surface area (Å²) in [5.41, 5.74) is 4.03. The maximum absolute atomic E-state index is 9.44. The first-order valence-electron chi connectivity index (χ1n) is 8.73. The van der Waals surface area contributed by atoms with Crippen LogP contribution < -0.4 is 4.90 Å². The van der Waals surface area contributed by atoms with E-state index in [0.29, 0.717) is 16.4 Å². The van der Waals surface area contributed by atoms with Gasteiger partial charge in [0, 0.05) is 35.5 Å². The molecule has 140 valence electrons. The molecular formula is C20H16Cl2N6. The fourth-order valence-electron chi connectivity index (χ4n) is 3.23. The zero-order valence-corrected chi connectivity index (χ0v) is 16.7. The Labute approximate surface area is 172 Å². The van der Waals surface area contributed by atoms with Crippen LogP contribution in [0, 0.1) is 18.3 Å². The van der Waals surface area contributed by atoms with Gasteiger partial charge in [0.25, 0.3) is 0 Å². The second kappa shape index (κ2) is 7.27. The fourth-order valence-corrected chi connectivity index (χ4v) is 3.60. The third kappa shape index (κ3) is 3.03. The van der Waals surface area contributed by atoms with Crippen molar-refractivity contribution < 1.29 is 0 Å². The van der Waals surface area contributed by atoms with Crippen molar-refractivity contribution in [2.75, 3.05) is 18.0 Å². The molecule has 0 unspecified atom stereocenters. The highest BCUT2D eigenvalue weighted by atomic mass is 35.5. The van der Waals surface area contributed by atoms with Crippen molar-refractivity contribution in [1.29, 1.82) is 5.26 Å². The molecule has 2 aromatic rings. The molecule has 1 saturated heterocycles. The van der Waals surface area contributed by atoms with Gasteiger partial charge in [-0.1, -0.05) is 35.9 Å². The average Bonchev–Trinajstić information content (AvgIpc) is 2.93. The van der Waals surface area contributed by atoms with Gasteiger partial charge >= 0.3 is 0 Å². The number of aryl methyl sites for hydroxylation is 1.